The van der Waals surface area contributed by atoms with E-state index in [0.29, 0.717) is 17.0 Å². The first kappa shape index (κ1) is 22.1. The van der Waals surface area contributed by atoms with Crippen LogP contribution in [0.2, 0.25) is 0 Å². The van der Waals surface area contributed by atoms with Crippen LogP contribution in [0.1, 0.15) is 22.7 Å². The summed E-state index contributed by atoms with van der Waals surface area (Å²) < 4.78 is 12.3. The Morgan fingerprint density at radius 3 is 2.03 bits per heavy atom. The number of carboxylic acid groups (broad SMARTS) is 1. The molecule has 0 aliphatic carbocycles. The Kier molecular flexibility index (Phi) is 6.45. The Morgan fingerprint density at radius 1 is 0.909 bits per heavy atom. The van der Waals surface area contributed by atoms with Crippen LogP contribution in [0.25, 0.3) is 16.9 Å². The van der Waals surface area contributed by atoms with Crippen molar-refractivity contribution in [3.05, 3.63) is 95.7 Å². The second-order valence-electron chi connectivity index (χ2n) is 7.86. The van der Waals surface area contributed by atoms with Gasteiger partial charge in [0.25, 0.3) is 0 Å². The highest BCUT2D eigenvalue weighted by molar-refractivity contribution is 5.76. The molecule has 4 rings (SSSR count). The zero-order valence-electron chi connectivity index (χ0n) is 18.9. The van der Waals surface area contributed by atoms with Gasteiger partial charge in [0.05, 0.1) is 37.2 Å². The fraction of sp³-hybridized carbons (Fsp3) is 0.185. The van der Waals surface area contributed by atoms with Crippen molar-refractivity contribution in [2.45, 2.75) is 19.3 Å². The summed E-state index contributed by atoms with van der Waals surface area (Å²) in [6, 6.07) is 24.9. The van der Waals surface area contributed by atoms with Gasteiger partial charge < -0.3 is 14.6 Å². The second kappa shape index (κ2) is 9.61. The van der Waals surface area contributed by atoms with Crippen molar-refractivity contribution in [1.82, 2.24) is 9.78 Å². The number of nitrogens with zero attached hydrogens (tertiary/aromatic N) is 2. The maximum Gasteiger partial charge on any atom is 0.311 e. The largest absolute Gasteiger partial charge is 0.497 e. The van der Waals surface area contributed by atoms with Crippen LogP contribution in [0.3, 0.4) is 0 Å². The van der Waals surface area contributed by atoms with E-state index < -0.39 is 11.9 Å². The number of carboxylic acids is 1. The van der Waals surface area contributed by atoms with Crippen LogP contribution in [0, 0.1) is 6.92 Å². The molecular formula is C27H26N2O4. The molecule has 0 fully saturated rings. The van der Waals surface area contributed by atoms with Crippen LogP contribution < -0.4 is 9.47 Å². The molecule has 0 saturated carbocycles. The van der Waals surface area contributed by atoms with Gasteiger partial charge in [-0.3, -0.25) is 4.79 Å². The third-order valence-electron chi connectivity index (χ3n) is 5.65. The molecule has 6 nitrogen and oxygen atoms in total. The number of carbonyl (C=O) groups is 1. The Labute approximate surface area is 193 Å². The van der Waals surface area contributed by atoms with Gasteiger partial charge in [-0.25, -0.2) is 4.68 Å². The second-order valence-corrected chi connectivity index (χ2v) is 7.86. The molecule has 1 atom stereocenters. The van der Waals surface area contributed by atoms with Crippen LogP contribution in [0.4, 0.5) is 0 Å². The molecule has 1 heterocycles. The summed E-state index contributed by atoms with van der Waals surface area (Å²) in [5, 5.41) is 14.7. The number of rotatable bonds is 8. The Bertz CT molecular complexity index is 1230. The van der Waals surface area contributed by atoms with Crippen molar-refractivity contribution in [2.24, 2.45) is 0 Å². The van der Waals surface area contributed by atoms with Crippen molar-refractivity contribution in [1.29, 1.82) is 0 Å². The maximum absolute atomic E-state index is 12.1. The van der Waals surface area contributed by atoms with E-state index >= 15 is 0 Å². The molecule has 0 aliphatic heterocycles. The third-order valence-corrected chi connectivity index (χ3v) is 5.65. The quantitative estimate of drug-likeness (QED) is 0.402. The number of benzene rings is 3. The first-order valence-electron chi connectivity index (χ1n) is 10.7. The smallest absolute Gasteiger partial charge is 0.311 e. The van der Waals surface area contributed by atoms with Crippen LogP contribution in [-0.2, 0) is 11.2 Å². The highest BCUT2D eigenvalue weighted by atomic mass is 16.5. The molecule has 1 N–H and O–H groups in total. The molecule has 1 unspecified atom stereocenters. The van der Waals surface area contributed by atoms with E-state index in [2.05, 4.69) is 12.1 Å². The lowest BCUT2D eigenvalue weighted by atomic mass is 9.94. The minimum Gasteiger partial charge on any atom is -0.497 e. The van der Waals surface area contributed by atoms with Gasteiger partial charge in [0, 0.05) is 12.0 Å². The van der Waals surface area contributed by atoms with Gasteiger partial charge in [0.1, 0.15) is 11.5 Å². The van der Waals surface area contributed by atoms with E-state index in [1.807, 2.05) is 54.1 Å². The molecule has 33 heavy (non-hydrogen) atoms. The van der Waals surface area contributed by atoms with Crippen LogP contribution >= 0.6 is 0 Å². The van der Waals surface area contributed by atoms with Crippen LogP contribution in [0.5, 0.6) is 11.5 Å². The lowest BCUT2D eigenvalue weighted by Crippen LogP contribution is -2.15. The maximum atomic E-state index is 12.1. The van der Waals surface area contributed by atoms with Gasteiger partial charge in [-0.05, 0) is 55.0 Å². The van der Waals surface area contributed by atoms with Gasteiger partial charge in [-0.2, -0.15) is 5.10 Å². The zero-order chi connectivity index (χ0) is 23.4. The average molecular weight is 443 g/mol. The van der Waals surface area contributed by atoms with E-state index in [0.717, 1.165) is 22.7 Å². The summed E-state index contributed by atoms with van der Waals surface area (Å²) in [7, 11) is 3.21. The molecule has 3 aromatic carbocycles. The number of aliphatic carboxylic acids is 1. The Hall–Kier alpha value is -4.06. The monoisotopic (exact) mass is 442 g/mol. The minimum atomic E-state index is -0.893. The number of hydrogen-bond acceptors (Lipinski definition) is 4. The van der Waals surface area contributed by atoms with E-state index in [-0.39, 0.29) is 6.42 Å². The van der Waals surface area contributed by atoms with E-state index in [9.17, 15) is 9.90 Å². The number of aryl methyl sites for hydroxylation is 1. The first-order valence-corrected chi connectivity index (χ1v) is 10.7. The molecule has 6 heteroatoms. The standard InChI is InChI=1S/C27H26N2O4/c1-18-4-6-20(7-5-18)26-17-21(28-29(26)22-10-14-24(33-3)15-11-22)16-25(27(30)31)19-8-12-23(32-2)13-9-19/h4-15,17,25H,16H2,1-3H3,(H,30,31). The summed E-state index contributed by atoms with van der Waals surface area (Å²) in [5.74, 6) is -0.168. The van der Waals surface area contributed by atoms with Crippen LogP contribution in [-0.4, -0.2) is 35.1 Å². The number of aromatic nitrogens is 2. The average Bonchev–Trinajstić information content (AvgIpc) is 3.27. The molecule has 1 aromatic heterocycles. The highest BCUT2D eigenvalue weighted by Gasteiger charge is 2.23. The number of methoxy groups -OCH3 is 2. The minimum absolute atomic E-state index is 0.268. The highest BCUT2D eigenvalue weighted by Crippen LogP contribution is 2.29. The van der Waals surface area contributed by atoms with Gasteiger partial charge in [-0.1, -0.05) is 42.0 Å². The summed E-state index contributed by atoms with van der Waals surface area (Å²) in [4.78, 5) is 12.1. The van der Waals surface area contributed by atoms with Gasteiger partial charge in [-0.15, -0.1) is 0 Å². The summed E-state index contributed by atoms with van der Waals surface area (Å²) in [5.41, 5.74) is 5.35. The SMILES string of the molecule is COc1ccc(C(Cc2cc(-c3ccc(C)cc3)n(-c3ccc(OC)cc3)n2)C(=O)O)cc1. The lowest BCUT2D eigenvalue weighted by Gasteiger charge is -2.12. The fourth-order valence-corrected chi connectivity index (χ4v) is 3.77. The molecular weight excluding hydrogens is 416 g/mol. The molecule has 0 radical (unpaired) electrons. The van der Waals surface area contributed by atoms with Gasteiger partial charge in [0.2, 0.25) is 0 Å². The topological polar surface area (TPSA) is 73.6 Å². The zero-order valence-corrected chi connectivity index (χ0v) is 18.9. The van der Waals surface area contributed by atoms with E-state index in [4.69, 9.17) is 14.6 Å². The van der Waals surface area contributed by atoms with Crippen molar-refractivity contribution in [3.8, 4) is 28.4 Å². The fourth-order valence-electron chi connectivity index (χ4n) is 3.77. The number of ether oxygens (including phenoxy) is 2. The summed E-state index contributed by atoms with van der Waals surface area (Å²) >= 11 is 0. The van der Waals surface area contributed by atoms with Gasteiger partial charge >= 0.3 is 5.97 Å². The van der Waals surface area contributed by atoms with Crippen molar-refractivity contribution < 1.29 is 19.4 Å². The van der Waals surface area contributed by atoms with E-state index in [1.165, 1.54) is 5.56 Å². The summed E-state index contributed by atoms with van der Waals surface area (Å²) in [6.45, 7) is 2.04. The third kappa shape index (κ3) is 4.90. The number of hydrogen-bond donors (Lipinski definition) is 1. The molecule has 0 aliphatic rings. The molecule has 0 amide bonds. The Morgan fingerprint density at radius 2 is 1.48 bits per heavy atom. The lowest BCUT2D eigenvalue weighted by molar-refractivity contribution is -0.138. The predicted octanol–water partition coefficient (Wildman–Crippen LogP) is 5.28. The normalized spacial score (nSPS) is 11.7. The Balaban J connectivity index is 1.74. The predicted molar refractivity (Wildman–Crippen MR) is 127 cm³/mol. The molecule has 4 aromatic rings. The molecule has 168 valence electrons. The molecule has 0 bridgehead atoms. The van der Waals surface area contributed by atoms with Crippen molar-refractivity contribution in [2.75, 3.05) is 14.2 Å². The molecule has 0 spiro atoms. The first-order chi connectivity index (χ1) is 16.0. The summed E-state index contributed by atoms with van der Waals surface area (Å²) in [6.07, 6.45) is 0.268. The van der Waals surface area contributed by atoms with Crippen LogP contribution in [0.15, 0.2) is 78.9 Å². The van der Waals surface area contributed by atoms with E-state index in [1.54, 1.807) is 38.5 Å². The van der Waals surface area contributed by atoms with Crippen molar-refractivity contribution in [3.63, 3.8) is 0 Å². The van der Waals surface area contributed by atoms with Crippen molar-refractivity contribution >= 4 is 5.97 Å². The molecule has 0 saturated heterocycles. The van der Waals surface area contributed by atoms with Gasteiger partial charge in [0.15, 0.2) is 0 Å².